The number of nitrogens with two attached hydrogens (primary N) is 1. The van der Waals surface area contributed by atoms with Gasteiger partial charge in [0.25, 0.3) is 0 Å². The lowest BCUT2D eigenvalue weighted by molar-refractivity contribution is -0.386. The van der Waals surface area contributed by atoms with Crippen LogP contribution in [0.4, 0.5) is 11.6 Å². The highest BCUT2D eigenvalue weighted by Crippen LogP contribution is 2.34. The average Bonchev–Trinajstić information content (AvgIpc) is 2.54. The van der Waals surface area contributed by atoms with E-state index in [-0.39, 0.29) is 23.2 Å². The van der Waals surface area contributed by atoms with Gasteiger partial charge in [0.1, 0.15) is 11.4 Å². The minimum Gasteiger partial charge on any atom is -0.430 e. The minimum atomic E-state index is -0.592. The van der Waals surface area contributed by atoms with E-state index in [0.717, 1.165) is 5.69 Å². The highest BCUT2D eigenvalue weighted by Gasteiger charge is 2.25. The van der Waals surface area contributed by atoms with Crippen molar-refractivity contribution in [3.05, 3.63) is 27.2 Å². The Labute approximate surface area is 114 Å². The minimum absolute atomic E-state index is 0.0812. The third kappa shape index (κ3) is 2.25. The van der Waals surface area contributed by atoms with E-state index in [1.165, 1.54) is 6.92 Å². The molecule has 2 N–H and O–H groups in total. The number of ether oxygens (including phenoxy) is 1. The number of nitrogen functional groups attached to an aromatic ring is 1. The molecule has 2 heterocycles. The van der Waals surface area contributed by atoms with Gasteiger partial charge in [-0.3, -0.25) is 14.8 Å². The van der Waals surface area contributed by atoms with E-state index in [4.69, 9.17) is 10.5 Å². The third-order valence-corrected chi connectivity index (χ3v) is 2.87. The summed E-state index contributed by atoms with van der Waals surface area (Å²) in [6, 6.07) is 0. The second-order valence-corrected chi connectivity index (χ2v) is 4.30. The number of nitrogens with zero attached hydrogens (tertiary/aromatic N) is 5. The number of hydrogen-bond donors (Lipinski definition) is 1. The van der Waals surface area contributed by atoms with Gasteiger partial charge in [-0.15, -0.1) is 0 Å². The van der Waals surface area contributed by atoms with Crippen LogP contribution in [0.15, 0.2) is 0 Å². The van der Waals surface area contributed by atoms with Crippen LogP contribution in [0.5, 0.6) is 11.6 Å². The monoisotopic (exact) mass is 278 g/mol. The molecule has 0 spiro atoms. The summed E-state index contributed by atoms with van der Waals surface area (Å²) in [7, 11) is 1.75. The van der Waals surface area contributed by atoms with Crippen molar-refractivity contribution in [1.29, 1.82) is 0 Å². The van der Waals surface area contributed by atoms with Crippen molar-refractivity contribution < 1.29 is 9.66 Å². The maximum absolute atomic E-state index is 11.1. The predicted octanol–water partition coefficient (Wildman–Crippen LogP) is 1.42. The molecule has 0 saturated heterocycles. The third-order valence-electron chi connectivity index (χ3n) is 2.87. The molecule has 0 fully saturated rings. The van der Waals surface area contributed by atoms with E-state index >= 15 is 0 Å². The molecule has 106 valence electrons. The molecule has 9 heteroatoms. The molecule has 0 aliphatic heterocycles. The van der Waals surface area contributed by atoms with E-state index in [0.29, 0.717) is 11.4 Å². The summed E-state index contributed by atoms with van der Waals surface area (Å²) >= 11 is 0. The largest absolute Gasteiger partial charge is 0.430 e. The van der Waals surface area contributed by atoms with Gasteiger partial charge in [-0.25, -0.2) is 4.98 Å². The summed E-state index contributed by atoms with van der Waals surface area (Å²) < 4.78 is 7.18. The van der Waals surface area contributed by atoms with Crippen LogP contribution in [0.3, 0.4) is 0 Å². The maximum atomic E-state index is 11.1. The predicted molar refractivity (Wildman–Crippen MR) is 70.6 cm³/mol. The quantitative estimate of drug-likeness (QED) is 0.665. The Balaban J connectivity index is 2.56. The fourth-order valence-corrected chi connectivity index (χ4v) is 1.84. The Hall–Kier alpha value is -2.71. The second-order valence-electron chi connectivity index (χ2n) is 4.30. The Morgan fingerprint density at radius 2 is 1.90 bits per heavy atom. The fraction of sp³-hybridized carbons (Fsp3) is 0.364. The number of aromatic nitrogens is 4. The van der Waals surface area contributed by atoms with Gasteiger partial charge in [-0.1, -0.05) is 0 Å². The van der Waals surface area contributed by atoms with Crippen LogP contribution in [0, 0.1) is 30.9 Å². The molecule has 0 saturated carbocycles. The number of rotatable bonds is 3. The molecule has 2 rings (SSSR count). The van der Waals surface area contributed by atoms with Crippen molar-refractivity contribution >= 4 is 11.6 Å². The lowest BCUT2D eigenvalue weighted by Gasteiger charge is -2.07. The zero-order valence-electron chi connectivity index (χ0n) is 11.5. The lowest BCUT2D eigenvalue weighted by atomic mass is 10.3. The first-order valence-corrected chi connectivity index (χ1v) is 5.77. The van der Waals surface area contributed by atoms with Crippen LogP contribution >= 0.6 is 0 Å². The van der Waals surface area contributed by atoms with Crippen LogP contribution in [0.25, 0.3) is 0 Å². The maximum Gasteiger partial charge on any atom is 0.352 e. The van der Waals surface area contributed by atoms with Crippen LogP contribution < -0.4 is 10.5 Å². The first-order valence-electron chi connectivity index (χ1n) is 5.77. The number of anilines is 1. The summed E-state index contributed by atoms with van der Waals surface area (Å²) in [5.41, 5.74) is 6.70. The fourth-order valence-electron chi connectivity index (χ4n) is 1.84. The van der Waals surface area contributed by atoms with E-state index < -0.39 is 4.92 Å². The van der Waals surface area contributed by atoms with Crippen molar-refractivity contribution in [2.75, 3.05) is 5.73 Å². The molecule has 0 aromatic carbocycles. The number of aryl methyl sites for hydroxylation is 3. The Morgan fingerprint density at radius 3 is 2.40 bits per heavy atom. The molecule has 2 aromatic heterocycles. The first-order chi connectivity index (χ1) is 9.31. The van der Waals surface area contributed by atoms with Gasteiger partial charge in [0.15, 0.2) is 5.75 Å². The molecule has 0 bridgehead atoms. The Bertz CT molecular complexity index is 694. The number of hydrogen-bond acceptors (Lipinski definition) is 7. The first kappa shape index (κ1) is 13.7. The zero-order chi connectivity index (χ0) is 15.0. The molecule has 0 atom stereocenters. The van der Waals surface area contributed by atoms with Gasteiger partial charge < -0.3 is 10.5 Å². The van der Waals surface area contributed by atoms with E-state index in [1.54, 1.807) is 25.6 Å². The summed E-state index contributed by atoms with van der Waals surface area (Å²) in [6.07, 6.45) is 0. The van der Waals surface area contributed by atoms with Gasteiger partial charge in [0.05, 0.1) is 10.6 Å². The molecule has 0 amide bonds. The van der Waals surface area contributed by atoms with Crippen molar-refractivity contribution in [1.82, 2.24) is 19.7 Å². The summed E-state index contributed by atoms with van der Waals surface area (Å²) in [4.78, 5) is 18.1. The summed E-state index contributed by atoms with van der Waals surface area (Å²) in [5, 5.41) is 15.3. The van der Waals surface area contributed by atoms with Crippen molar-refractivity contribution in [3.63, 3.8) is 0 Å². The van der Waals surface area contributed by atoms with Crippen molar-refractivity contribution in [2.45, 2.75) is 20.8 Å². The van der Waals surface area contributed by atoms with E-state index in [1.807, 2.05) is 0 Å². The molecule has 2 aromatic rings. The van der Waals surface area contributed by atoms with Crippen LogP contribution in [0.1, 0.15) is 17.1 Å². The van der Waals surface area contributed by atoms with Gasteiger partial charge in [-0.05, 0) is 20.8 Å². The normalized spacial score (nSPS) is 10.6. The molecule has 0 radical (unpaired) electrons. The number of nitro groups is 1. The zero-order valence-corrected chi connectivity index (χ0v) is 11.5. The molecule has 9 nitrogen and oxygen atoms in total. The highest BCUT2D eigenvalue weighted by molar-refractivity contribution is 5.50. The average molecular weight is 278 g/mol. The van der Waals surface area contributed by atoms with Crippen LogP contribution in [-0.4, -0.2) is 24.7 Å². The van der Waals surface area contributed by atoms with Crippen molar-refractivity contribution in [2.24, 2.45) is 7.05 Å². The van der Waals surface area contributed by atoms with Gasteiger partial charge in [0.2, 0.25) is 5.95 Å². The van der Waals surface area contributed by atoms with Crippen LogP contribution in [-0.2, 0) is 7.05 Å². The van der Waals surface area contributed by atoms with E-state index in [2.05, 4.69) is 15.1 Å². The standard InChI is InChI=1S/C11H14N6O3/c1-5-8(17(18)19)10(14-11(12)13-5)20-9-6(2)15-16(4)7(9)3/h1-4H3,(H2,12,13,14). The van der Waals surface area contributed by atoms with Crippen molar-refractivity contribution in [3.8, 4) is 11.6 Å². The lowest BCUT2D eigenvalue weighted by Crippen LogP contribution is -2.05. The Kier molecular flexibility index (Phi) is 3.26. The van der Waals surface area contributed by atoms with Gasteiger partial charge >= 0.3 is 11.6 Å². The SMILES string of the molecule is Cc1nn(C)c(C)c1Oc1nc(N)nc(C)c1[N+](=O)[O-]. The molecule has 0 aliphatic carbocycles. The molecule has 20 heavy (non-hydrogen) atoms. The smallest absolute Gasteiger partial charge is 0.352 e. The molecule has 0 unspecified atom stereocenters. The second kappa shape index (κ2) is 4.76. The van der Waals surface area contributed by atoms with Crippen LogP contribution in [0.2, 0.25) is 0 Å². The topological polar surface area (TPSA) is 122 Å². The van der Waals surface area contributed by atoms with Gasteiger partial charge in [0, 0.05) is 7.05 Å². The highest BCUT2D eigenvalue weighted by atomic mass is 16.6. The molecular weight excluding hydrogens is 264 g/mol. The molecule has 0 aliphatic rings. The Morgan fingerprint density at radius 1 is 1.25 bits per heavy atom. The van der Waals surface area contributed by atoms with E-state index in [9.17, 15) is 10.1 Å². The van der Waals surface area contributed by atoms with Gasteiger partial charge in [-0.2, -0.15) is 10.1 Å². The summed E-state index contributed by atoms with van der Waals surface area (Å²) in [5.74, 6) is 0.162. The molecular formula is C11H14N6O3. The summed E-state index contributed by atoms with van der Waals surface area (Å²) in [6.45, 7) is 5.01.